The third kappa shape index (κ3) is 4.61. The molecule has 1 heterocycles. The molecular weight excluding hydrogens is 383 g/mol. The summed E-state index contributed by atoms with van der Waals surface area (Å²) in [6, 6.07) is 13.7. The smallest absolute Gasteiger partial charge is 0.266 e. The molecule has 2 amide bonds. The predicted octanol–water partition coefficient (Wildman–Crippen LogP) is 4.36. The van der Waals surface area contributed by atoms with Crippen molar-refractivity contribution in [3.05, 3.63) is 70.4 Å². The summed E-state index contributed by atoms with van der Waals surface area (Å²) in [4.78, 5) is 26.5. The Morgan fingerprint density at radius 3 is 2.67 bits per heavy atom. The molecule has 0 radical (unpaired) electrons. The van der Waals surface area contributed by atoms with E-state index in [0.29, 0.717) is 14.8 Å². The molecule has 27 heavy (non-hydrogen) atoms. The van der Waals surface area contributed by atoms with Crippen LogP contribution in [0.25, 0.3) is 6.08 Å². The van der Waals surface area contributed by atoms with Gasteiger partial charge in [-0.1, -0.05) is 60.4 Å². The van der Waals surface area contributed by atoms with Crippen molar-refractivity contribution >= 4 is 51.9 Å². The lowest BCUT2D eigenvalue weighted by Gasteiger charge is -2.14. The second-order valence-corrected chi connectivity index (χ2v) is 7.64. The van der Waals surface area contributed by atoms with Crippen molar-refractivity contribution in [2.75, 3.05) is 11.9 Å². The molecule has 1 aliphatic rings. The molecule has 0 atom stereocenters. The number of carbonyl (C=O) groups is 2. The summed E-state index contributed by atoms with van der Waals surface area (Å²) in [6.07, 6.45) is 1.61. The monoisotopic (exact) mass is 400 g/mol. The van der Waals surface area contributed by atoms with Crippen molar-refractivity contribution in [1.29, 1.82) is 0 Å². The zero-order valence-corrected chi connectivity index (χ0v) is 16.2. The van der Waals surface area contributed by atoms with Gasteiger partial charge in [-0.2, -0.15) is 0 Å². The van der Waals surface area contributed by atoms with E-state index in [0.717, 1.165) is 23.0 Å². The number of rotatable bonds is 5. The lowest BCUT2D eigenvalue weighted by molar-refractivity contribution is -0.122. The average Bonchev–Trinajstić information content (AvgIpc) is 2.90. The van der Waals surface area contributed by atoms with Gasteiger partial charge >= 0.3 is 0 Å². The zero-order chi connectivity index (χ0) is 19.4. The number of halogens is 1. The summed E-state index contributed by atoms with van der Waals surface area (Å²) in [5, 5.41) is 2.83. The molecule has 7 heteroatoms. The maximum absolute atomic E-state index is 13.8. The third-order valence-electron chi connectivity index (χ3n) is 4.05. The van der Waals surface area contributed by atoms with E-state index in [9.17, 15) is 14.0 Å². The van der Waals surface area contributed by atoms with E-state index in [1.807, 2.05) is 31.2 Å². The molecular formula is C20H17FN2O2S2. The van der Waals surface area contributed by atoms with Crippen LogP contribution in [0.15, 0.2) is 53.4 Å². The third-order valence-corrected chi connectivity index (χ3v) is 5.42. The molecule has 3 rings (SSSR count). The molecule has 0 spiro atoms. The van der Waals surface area contributed by atoms with E-state index in [1.165, 1.54) is 17.0 Å². The first-order valence-corrected chi connectivity index (χ1v) is 9.53. The molecule has 1 aliphatic heterocycles. The van der Waals surface area contributed by atoms with Crippen LogP contribution in [0.4, 0.5) is 10.1 Å². The average molecular weight is 400 g/mol. The van der Waals surface area contributed by atoms with E-state index in [1.54, 1.807) is 18.2 Å². The minimum absolute atomic E-state index is 0.119. The molecule has 0 aliphatic carbocycles. The Balaban J connectivity index is 1.63. The first-order valence-electron chi connectivity index (χ1n) is 8.31. The summed E-state index contributed by atoms with van der Waals surface area (Å²) in [6.45, 7) is 2.09. The number of hydrogen-bond donors (Lipinski definition) is 1. The number of thiocarbonyl (C=S) groups is 1. The lowest BCUT2D eigenvalue weighted by Crippen LogP contribution is -2.31. The predicted molar refractivity (Wildman–Crippen MR) is 111 cm³/mol. The molecule has 138 valence electrons. The van der Waals surface area contributed by atoms with Crippen LogP contribution in [0.3, 0.4) is 0 Å². The summed E-state index contributed by atoms with van der Waals surface area (Å²) < 4.78 is 14.2. The number of benzene rings is 2. The van der Waals surface area contributed by atoms with Gasteiger partial charge < -0.3 is 5.32 Å². The van der Waals surface area contributed by atoms with Gasteiger partial charge in [-0.15, -0.1) is 0 Å². The van der Waals surface area contributed by atoms with Gasteiger partial charge in [0.25, 0.3) is 5.91 Å². The van der Waals surface area contributed by atoms with Gasteiger partial charge in [0.05, 0.1) is 4.91 Å². The normalized spacial score (nSPS) is 15.5. The highest BCUT2D eigenvalue weighted by Crippen LogP contribution is 2.33. The van der Waals surface area contributed by atoms with Crippen molar-refractivity contribution in [3.63, 3.8) is 0 Å². The van der Waals surface area contributed by atoms with E-state index >= 15 is 0 Å². The second kappa shape index (κ2) is 8.45. The van der Waals surface area contributed by atoms with Crippen LogP contribution in [0.2, 0.25) is 0 Å². The Kier molecular flexibility index (Phi) is 6.03. The topological polar surface area (TPSA) is 49.4 Å². The molecule has 0 unspecified atom stereocenters. The lowest BCUT2D eigenvalue weighted by atomic mass is 10.2. The Hall–Kier alpha value is -2.51. The standard InChI is InChI=1S/C20H17FN2O2S2/c1-13-6-2-5-9-16(13)22-18(24)10-11-23-19(25)17(27-20(23)26)12-14-7-3-4-8-15(14)21/h2-9,12H,10-11H2,1H3,(H,22,24). The highest BCUT2D eigenvalue weighted by atomic mass is 32.2. The van der Waals surface area contributed by atoms with Crippen molar-refractivity contribution in [2.45, 2.75) is 13.3 Å². The Labute approximate surface area is 166 Å². The fraction of sp³-hybridized carbons (Fsp3) is 0.150. The zero-order valence-electron chi connectivity index (χ0n) is 14.6. The van der Waals surface area contributed by atoms with Crippen LogP contribution in [0.5, 0.6) is 0 Å². The van der Waals surface area contributed by atoms with Crippen molar-refractivity contribution in [1.82, 2.24) is 4.90 Å². The SMILES string of the molecule is Cc1ccccc1NC(=O)CCN1C(=O)C(=Cc2ccccc2F)SC1=S. The van der Waals surface area contributed by atoms with E-state index < -0.39 is 5.82 Å². The van der Waals surface area contributed by atoms with Crippen LogP contribution in [-0.4, -0.2) is 27.6 Å². The van der Waals surface area contributed by atoms with Crippen LogP contribution in [0.1, 0.15) is 17.5 Å². The first-order chi connectivity index (χ1) is 13.0. The molecule has 1 N–H and O–H groups in total. The summed E-state index contributed by atoms with van der Waals surface area (Å²) >= 11 is 6.36. The molecule has 0 aromatic heterocycles. The number of nitrogens with one attached hydrogen (secondary N) is 1. The summed E-state index contributed by atoms with van der Waals surface area (Å²) in [7, 11) is 0. The fourth-order valence-electron chi connectivity index (χ4n) is 2.57. The van der Waals surface area contributed by atoms with Crippen LogP contribution in [0, 0.1) is 12.7 Å². The van der Waals surface area contributed by atoms with E-state index in [4.69, 9.17) is 12.2 Å². The summed E-state index contributed by atoms with van der Waals surface area (Å²) in [5.41, 5.74) is 2.03. The highest BCUT2D eigenvalue weighted by Gasteiger charge is 2.32. The van der Waals surface area contributed by atoms with Crippen LogP contribution >= 0.6 is 24.0 Å². The van der Waals surface area contributed by atoms with Crippen LogP contribution in [-0.2, 0) is 9.59 Å². The van der Waals surface area contributed by atoms with Gasteiger partial charge in [0, 0.05) is 24.2 Å². The maximum Gasteiger partial charge on any atom is 0.266 e. The van der Waals surface area contributed by atoms with Crippen molar-refractivity contribution in [3.8, 4) is 0 Å². The second-order valence-electron chi connectivity index (χ2n) is 5.97. The summed E-state index contributed by atoms with van der Waals surface area (Å²) in [5.74, 6) is -0.909. The minimum Gasteiger partial charge on any atom is -0.326 e. The van der Waals surface area contributed by atoms with Gasteiger partial charge in [0.1, 0.15) is 10.1 Å². The van der Waals surface area contributed by atoms with E-state index in [-0.39, 0.29) is 24.8 Å². The molecule has 1 saturated heterocycles. The van der Waals surface area contributed by atoms with Gasteiger partial charge in [0.15, 0.2) is 0 Å². The number of carbonyl (C=O) groups excluding carboxylic acids is 2. The Morgan fingerprint density at radius 1 is 1.22 bits per heavy atom. The maximum atomic E-state index is 13.8. The van der Waals surface area contributed by atoms with Gasteiger partial charge in [-0.05, 0) is 30.7 Å². The Morgan fingerprint density at radius 2 is 1.93 bits per heavy atom. The number of anilines is 1. The van der Waals surface area contributed by atoms with Crippen molar-refractivity contribution in [2.24, 2.45) is 0 Å². The molecule has 0 saturated carbocycles. The van der Waals surface area contributed by atoms with Crippen LogP contribution < -0.4 is 5.32 Å². The molecule has 0 bridgehead atoms. The number of nitrogens with zero attached hydrogens (tertiary/aromatic N) is 1. The van der Waals surface area contributed by atoms with E-state index in [2.05, 4.69) is 5.32 Å². The number of thioether (sulfide) groups is 1. The van der Waals surface area contributed by atoms with Gasteiger partial charge in [-0.3, -0.25) is 14.5 Å². The molecule has 4 nitrogen and oxygen atoms in total. The van der Waals surface area contributed by atoms with Gasteiger partial charge in [-0.25, -0.2) is 4.39 Å². The number of para-hydroxylation sites is 1. The highest BCUT2D eigenvalue weighted by molar-refractivity contribution is 8.26. The molecule has 2 aromatic carbocycles. The largest absolute Gasteiger partial charge is 0.326 e. The number of amides is 2. The fourth-order valence-corrected chi connectivity index (χ4v) is 3.86. The number of aryl methyl sites for hydroxylation is 1. The van der Waals surface area contributed by atoms with Crippen molar-refractivity contribution < 1.29 is 14.0 Å². The van der Waals surface area contributed by atoms with Gasteiger partial charge in [0.2, 0.25) is 5.91 Å². The quantitative estimate of drug-likeness (QED) is 0.598. The number of hydrogen-bond acceptors (Lipinski definition) is 4. The Bertz CT molecular complexity index is 943. The molecule has 2 aromatic rings. The first kappa shape index (κ1) is 19.3. The minimum atomic E-state index is -0.402. The molecule has 1 fully saturated rings.